The van der Waals surface area contributed by atoms with E-state index >= 15 is 0 Å². The minimum Gasteiger partial charge on any atom is -0.482 e. The number of pyridine rings is 1. The number of aromatic nitrogens is 1. The van der Waals surface area contributed by atoms with Crippen molar-refractivity contribution in [3.05, 3.63) is 64.1 Å². The molecule has 1 aliphatic heterocycles. The molecule has 2 aromatic rings. The van der Waals surface area contributed by atoms with Crippen LogP contribution < -0.4 is 15.6 Å². The summed E-state index contributed by atoms with van der Waals surface area (Å²) in [6.45, 7) is 3.88. The molecule has 0 bridgehead atoms. The third kappa shape index (κ3) is 2.93. The molecule has 30 heavy (non-hydrogen) atoms. The molecule has 0 saturated heterocycles. The zero-order valence-corrected chi connectivity index (χ0v) is 16.2. The van der Waals surface area contributed by atoms with E-state index in [0.29, 0.717) is 0 Å². The molecule has 2 heterocycles. The molecular weight excluding hydrogens is 403 g/mol. The van der Waals surface area contributed by atoms with E-state index in [1.54, 1.807) is 5.32 Å². The van der Waals surface area contributed by atoms with Crippen LogP contribution in [0.15, 0.2) is 47.4 Å². The number of benzene rings is 1. The monoisotopic (exact) mass is 421 g/mol. The Labute approximate surface area is 169 Å². The molecule has 2 unspecified atom stereocenters. The molecule has 3 rings (SSSR count). The van der Waals surface area contributed by atoms with E-state index in [2.05, 4.69) is 0 Å². The van der Waals surface area contributed by atoms with Crippen LogP contribution in [-0.2, 0) is 10.3 Å². The average Bonchev–Trinajstić information content (AvgIpc) is 2.66. The second kappa shape index (κ2) is 6.60. The molecule has 10 heteroatoms. The van der Waals surface area contributed by atoms with Crippen LogP contribution in [0.25, 0.3) is 0 Å². The molecule has 7 nitrogen and oxygen atoms in total. The number of nitrogens with one attached hydrogen (secondary N) is 1. The van der Waals surface area contributed by atoms with Crippen LogP contribution in [0.4, 0.5) is 13.2 Å². The topological polar surface area (TPSA) is 104 Å². The molecule has 1 amide bonds. The zero-order chi connectivity index (χ0) is 22.5. The van der Waals surface area contributed by atoms with Crippen molar-refractivity contribution in [1.82, 2.24) is 9.88 Å². The second-order valence-corrected chi connectivity index (χ2v) is 7.58. The van der Waals surface area contributed by atoms with Gasteiger partial charge < -0.3 is 19.7 Å². The van der Waals surface area contributed by atoms with Gasteiger partial charge in [-0.25, -0.2) is 0 Å². The van der Waals surface area contributed by atoms with E-state index in [-0.39, 0.29) is 16.9 Å². The van der Waals surface area contributed by atoms with Crippen molar-refractivity contribution in [2.75, 3.05) is 0 Å². The average molecular weight is 421 g/mol. The summed E-state index contributed by atoms with van der Waals surface area (Å²) in [6, 6.07) is 10.1. The van der Waals surface area contributed by atoms with E-state index in [0.717, 1.165) is 10.6 Å². The Bertz CT molecular complexity index is 1120. The van der Waals surface area contributed by atoms with E-state index in [1.165, 1.54) is 57.3 Å². The zero-order valence-electron chi connectivity index (χ0n) is 16.2. The maximum Gasteiger partial charge on any atom is 0.471 e. The molecule has 0 aliphatic carbocycles. The molecule has 0 radical (unpaired) electrons. The smallest absolute Gasteiger partial charge is 0.471 e. The summed E-state index contributed by atoms with van der Waals surface area (Å²) in [5, 5.41) is 22.6. The Kier molecular flexibility index (Phi) is 4.71. The van der Waals surface area contributed by atoms with Crippen molar-refractivity contribution >= 4 is 5.91 Å². The number of carbonyl (C=O) groups excluding carboxylic acids is 1. The third-order valence-corrected chi connectivity index (χ3v) is 5.43. The van der Waals surface area contributed by atoms with Crippen LogP contribution in [0.5, 0.6) is 5.75 Å². The van der Waals surface area contributed by atoms with Crippen molar-refractivity contribution in [2.24, 2.45) is 0 Å². The summed E-state index contributed by atoms with van der Waals surface area (Å²) in [5.74, 6) is -2.26. The van der Waals surface area contributed by atoms with Crippen molar-refractivity contribution in [3.63, 3.8) is 0 Å². The first kappa shape index (κ1) is 21.4. The molecular formula is C20H18F3N3O4. The minimum atomic E-state index is -5.30. The van der Waals surface area contributed by atoms with Crippen LogP contribution in [0.2, 0.25) is 0 Å². The lowest BCUT2D eigenvalue weighted by molar-refractivity contribution is -0.220. The number of hydrogen-bond acceptors (Lipinski definition) is 5. The number of nitriles is 1. The summed E-state index contributed by atoms with van der Waals surface area (Å²) in [7, 11) is 0. The van der Waals surface area contributed by atoms with E-state index in [4.69, 9.17) is 4.74 Å². The highest BCUT2D eigenvalue weighted by molar-refractivity contribution is 5.82. The van der Waals surface area contributed by atoms with Crippen LogP contribution in [-0.4, -0.2) is 33.1 Å². The van der Waals surface area contributed by atoms with Crippen molar-refractivity contribution in [2.45, 2.75) is 43.8 Å². The maximum atomic E-state index is 13.1. The number of rotatable bonds is 2. The highest BCUT2D eigenvalue weighted by atomic mass is 19.4. The number of ether oxygens (including phenoxy) is 1. The maximum absolute atomic E-state index is 13.1. The molecule has 0 saturated carbocycles. The summed E-state index contributed by atoms with van der Waals surface area (Å²) in [6.07, 6.45) is -4.03. The van der Waals surface area contributed by atoms with Gasteiger partial charge in [-0.3, -0.25) is 9.59 Å². The van der Waals surface area contributed by atoms with Crippen molar-refractivity contribution in [1.29, 1.82) is 5.26 Å². The molecule has 0 spiro atoms. The van der Waals surface area contributed by atoms with Crippen LogP contribution in [0.3, 0.4) is 0 Å². The van der Waals surface area contributed by atoms with Gasteiger partial charge in [0, 0.05) is 17.8 Å². The van der Waals surface area contributed by atoms with Gasteiger partial charge in [-0.15, -0.1) is 0 Å². The van der Waals surface area contributed by atoms with Gasteiger partial charge >= 0.3 is 12.1 Å². The Morgan fingerprint density at radius 2 is 1.90 bits per heavy atom. The van der Waals surface area contributed by atoms with Gasteiger partial charge in [0.05, 0.1) is 11.6 Å². The summed E-state index contributed by atoms with van der Waals surface area (Å²) >= 11 is 0. The number of hydrogen-bond donors (Lipinski definition) is 2. The lowest BCUT2D eigenvalue weighted by Crippen LogP contribution is -2.78. The van der Waals surface area contributed by atoms with Gasteiger partial charge in [0.1, 0.15) is 11.3 Å². The standard InChI is InChI=1S/C20H18F3N3O4/c1-17(2)20(29,25-16(28)19(21,22)23)18(3,26-9-5-4-6-15(26)27)13-10-12(11-24)7-8-14(13)30-17/h4-10,29H,1-3H3,(H,25,28). The first-order valence-corrected chi connectivity index (χ1v) is 8.81. The van der Waals surface area contributed by atoms with Crippen molar-refractivity contribution in [3.8, 4) is 11.8 Å². The lowest BCUT2D eigenvalue weighted by Gasteiger charge is -2.57. The van der Waals surface area contributed by atoms with E-state index in [1.807, 2.05) is 6.07 Å². The Morgan fingerprint density at radius 3 is 2.47 bits per heavy atom. The molecule has 158 valence electrons. The number of amides is 1. The largest absolute Gasteiger partial charge is 0.482 e. The fourth-order valence-corrected chi connectivity index (χ4v) is 3.81. The quantitative estimate of drug-likeness (QED) is 0.722. The molecule has 2 atom stereocenters. The van der Waals surface area contributed by atoms with Gasteiger partial charge in [-0.2, -0.15) is 18.4 Å². The highest BCUT2D eigenvalue weighted by Crippen LogP contribution is 2.51. The fraction of sp³-hybridized carbons (Fsp3) is 0.350. The normalized spacial score (nSPS) is 24.9. The number of nitrogens with zero attached hydrogens (tertiary/aromatic N) is 2. The number of carbonyl (C=O) groups is 1. The molecule has 2 N–H and O–H groups in total. The number of alkyl halides is 3. The van der Waals surface area contributed by atoms with Crippen LogP contribution in [0.1, 0.15) is 31.9 Å². The summed E-state index contributed by atoms with van der Waals surface area (Å²) in [5.41, 5.74) is -7.02. The molecule has 1 aliphatic rings. The summed E-state index contributed by atoms with van der Waals surface area (Å²) in [4.78, 5) is 24.6. The van der Waals surface area contributed by atoms with Gasteiger partial charge in [0.15, 0.2) is 5.60 Å². The van der Waals surface area contributed by atoms with E-state index in [9.17, 15) is 33.1 Å². The van der Waals surface area contributed by atoms with Crippen molar-refractivity contribution < 1.29 is 27.8 Å². The molecule has 0 fully saturated rings. The predicted octanol–water partition coefficient (Wildman–Crippen LogP) is 2.02. The molecule has 1 aromatic carbocycles. The first-order chi connectivity index (χ1) is 13.8. The predicted molar refractivity (Wildman–Crippen MR) is 98.5 cm³/mol. The SMILES string of the molecule is CC1(C)Oc2ccc(C#N)cc2C(C)(n2ccccc2=O)C1(O)NC(=O)C(F)(F)F. The van der Waals surface area contributed by atoms with Gasteiger partial charge in [0.2, 0.25) is 5.72 Å². The van der Waals surface area contributed by atoms with Crippen LogP contribution in [0, 0.1) is 11.3 Å². The van der Waals surface area contributed by atoms with Gasteiger partial charge in [-0.05, 0) is 45.0 Å². The number of halogens is 3. The highest BCUT2D eigenvalue weighted by Gasteiger charge is 2.66. The van der Waals surface area contributed by atoms with E-state index < -0.39 is 34.5 Å². The first-order valence-electron chi connectivity index (χ1n) is 8.81. The second-order valence-electron chi connectivity index (χ2n) is 7.58. The molecule has 1 aromatic heterocycles. The summed E-state index contributed by atoms with van der Waals surface area (Å²) < 4.78 is 46.1. The third-order valence-electron chi connectivity index (χ3n) is 5.43. The number of aliphatic hydroxyl groups is 1. The Morgan fingerprint density at radius 1 is 1.23 bits per heavy atom. The lowest BCUT2D eigenvalue weighted by atomic mass is 9.70. The van der Waals surface area contributed by atoms with Crippen LogP contribution >= 0.6 is 0 Å². The number of fused-ring (bicyclic) bond motifs is 1. The van der Waals surface area contributed by atoms with Gasteiger partial charge in [-0.1, -0.05) is 6.07 Å². The fourth-order valence-electron chi connectivity index (χ4n) is 3.81. The van der Waals surface area contributed by atoms with Gasteiger partial charge in [0.25, 0.3) is 5.56 Å². The Hall–Kier alpha value is -3.32. The minimum absolute atomic E-state index is 0.0548. The Balaban J connectivity index is 2.41.